The Morgan fingerprint density at radius 3 is 2.55 bits per heavy atom. The zero-order valence-electron chi connectivity index (χ0n) is 23.8. The van der Waals surface area contributed by atoms with Gasteiger partial charge in [-0.15, -0.1) is 0 Å². The molecule has 1 aliphatic carbocycles. The number of rotatable bonds is 8. The quantitative estimate of drug-likeness (QED) is 0.199. The average molecular weight is 561 g/mol. The fourth-order valence-corrected chi connectivity index (χ4v) is 5.84. The van der Waals surface area contributed by atoms with Crippen LogP contribution in [0.1, 0.15) is 48.4 Å². The van der Waals surface area contributed by atoms with Crippen molar-refractivity contribution in [2.75, 3.05) is 5.73 Å². The van der Waals surface area contributed by atoms with Crippen LogP contribution in [0.4, 0.5) is 10.6 Å². The third kappa shape index (κ3) is 6.22. The molecule has 6 rings (SSSR count). The van der Waals surface area contributed by atoms with E-state index >= 15 is 0 Å². The Balaban J connectivity index is 1.14. The maximum absolute atomic E-state index is 12.6. The summed E-state index contributed by atoms with van der Waals surface area (Å²) in [7, 11) is 0. The smallest absolute Gasteiger partial charge is 0.315 e. The Morgan fingerprint density at radius 1 is 0.952 bits per heavy atom. The van der Waals surface area contributed by atoms with Crippen molar-refractivity contribution in [3.63, 3.8) is 0 Å². The predicted octanol–water partition coefficient (Wildman–Crippen LogP) is 6.55. The molecule has 0 spiro atoms. The normalized spacial score (nSPS) is 16.7. The average Bonchev–Trinajstić information content (AvgIpc) is 3.41. The minimum Gasteiger partial charge on any atom is -0.489 e. The van der Waals surface area contributed by atoms with E-state index in [1.807, 2.05) is 48.5 Å². The number of amides is 2. The highest BCUT2D eigenvalue weighted by molar-refractivity contribution is 6.00. The van der Waals surface area contributed by atoms with E-state index < -0.39 is 0 Å². The lowest BCUT2D eigenvalue weighted by atomic mass is 9.91. The predicted molar refractivity (Wildman–Crippen MR) is 166 cm³/mol. The maximum Gasteiger partial charge on any atom is 0.315 e. The van der Waals surface area contributed by atoms with Crippen LogP contribution in [0, 0.1) is 6.92 Å². The van der Waals surface area contributed by atoms with Crippen LogP contribution in [0.3, 0.4) is 0 Å². The molecule has 0 aliphatic heterocycles. The van der Waals surface area contributed by atoms with Crippen LogP contribution >= 0.6 is 0 Å². The second-order valence-electron chi connectivity index (χ2n) is 11.0. The summed E-state index contributed by atoms with van der Waals surface area (Å²) in [6, 6.07) is 26.7. The van der Waals surface area contributed by atoms with Crippen LogP contribution in [0.25, 0.3) is 22.2 Å². The number of nitrogens with zero attached hydrogens (tertiary/aromatic N) is 3. The lowest BCUT2D eigenvalue weighted by Gasteiger charge is -2.30. The number of hydrogen-bond donors (Lipinski definition) is 3. The van der Waals surface area contributed by atoms with Crippen molar-refractivity contribution in [3.8, 4) is 16.9 Å². The third-order valence-electron chi connectivity index (χ3n) is 7.99. The Morgan fingerprint density at radius 2 is 1.74 bits per heavy atom. The lowest BCUT2D eigenvalue weighted by Crippen LogP contribution is -2.43. The molecule has 0 saturated heterocycles. The highest BCUT2D eigenvalue weighted by atomic mass is 16.5. The monoisotopic (exact) mass is 560 g/mol. The molecule has 0 unspecified atom stereocenters. The van der Waals surface area contributed by atoms with E-state index in [0.29, 0.717) is 19.0 Å². The van der Waals surface area contributed by atoms with Gasteiger partial charge in [0.25, 0.3) is 0 Å². The van der Waals surface area contributed by atoms with E-state index in [0.717, 1.165) is 64.7 Å². The van der Waals surface area contributed by atoms with Crippen molar-refractivity contribution >= 4 is 22.9 Å². The van der Waals surface area contributed by atoms with Gasteiger partial charge in [0.15, 0.2) is 0 Å². The molecule has 8 heteroatoms. The van der Waals surface area contributed by atoms with Crippen molar-refractivity contribution in [2.45, 2.75) is 57.8 Å². The number of carbonyl (C=O) groups excluding carboxylic acids is 1. The van der Waals surface area contributed by atoms with Crippen LogP contribution in [0.5, 0.6) is 5.75 Å². The minimum atomic E-state index is -0.122. The molecule has 4 N–H and O–H groups in total. The molecule has 2 heterocycles. The summed E-state index contributed by atoms with van der Waals surface area (Å²) in [6.45, 7) is 3.07. The molecule has 0 radical (unpaired) electrons. The molecule has 0 bridgehead atoms. The van der Waals surface area contributed by atoms with Gasteiger partial charge in [-0.3, -0.25) is 0 Å². The molecule has 1 saturated carbocycles. The summed E-state index contributed by atoms with van der Waals surface area (Å²) in [5.74, 6) is 1.25. The Bertz CT molecular complexity index is 1670. The molecule has 1 aliphatic rings. The fraction of sp³-hybridized carbons (Fsp3) is 0.265. The number of hydrogen-bond acceptors (Lipinski definition) is 5. The molecule has 8 nitrogen and oxygen atoms in total. The summed E-state index contributed by atoms with van der Waals surface area (Å²) in [6.07, 6.45) is 7.32. The van der Waals surface area contributed by atoms with Crippen LogP contribution in [0.2, 0.25) is 0 Å². The number of fused-ring (bicyclic) bond motifs is 1. The second kappa shape index (κ2) is 12.3. The Labute approximate surface area is 246 Å². The van der Waals surface area contributed by atoms with Crippen molar-refractivity contribution in [1.29, 1.82) is 0 Å². The van der Waals surface area contributed by atoms with Crippen LogP contribution in [-0.4, -0.2) is 26.6 Å². The van der Waals surface area contributed by atoms with E-state index in [1.54, 1.807) is 0 Å². The van der Waals surface area contributed by atoms with Gasteiger partial charge < -0.3 is 25.7 Å². The van der Waals surface area contributed by atoms with Gasteiger partial charge in [0.05, 0.1) is 5.39 Å². The first kappa shape index (κ1) is 27.3. The highest BCUT2D eigenvalue weighted by Gasteiger charge is 2.26. The number of nitrogens with one attached hydrogen (secondary N) is 2. The van der Waals surface area contributed by atoms with Gasteiger partial charge in [-0.25, -0.2) is 14.8 Å². The maximum atomic E-state index is 12.6. The van der Waals surface area contributed by atoms with Crippen LogP contribution in [-0.2, 0) is 13.2 Å². The van der Waals surface area contributed by atoms with E-state index in [2.05, 4.69) is 68.6 Å². The number of aromatic nitrogens is 3. The molecular formula is C34H36N6O2. The van der Waals surface area contributed by atoms with E-state index in [4.69, 9.17) is 10.5 Å². The number of urea groups is 1. The lowest BCUT2D eigenvalue weighted by molar-refractivity contribution is 0.227. The van der Waals surface area contributed by atoms with Crippen molar-refractivity contribution in [3.05, 3.63) is 108 Å². The molecule has 1 fully saturated rings. The highest BCUT2D eigenvalue weighted by Crippen LogP contribution is 2.39. The van der Waals surface area contributed by atoms with Gasteiger partial charge in [-0.1, -0.05) is 72.3 Å². The van der Waals surface area contributed by atoms with Gasteiger partial charge in [-0.05, 0) is 61.4 Å². The Hall–Kier alpha value is -4.85. The molecule has 2 aromatic heterocycles. The van der Waals surface area contributed by atoms with E-state index in [-0.39, 0.29) is 18.1 Å². The van der Waals surface area contributed by atoms with Crippen molar-refractivity contribution in [1.82, 2.24) is 25.2 Å². The van der Waals surface area contributed by atoms with E-state index in [1.165, 1.54) is 11.9 Å². The summed E-state index contributed by atoms with van der Waals surface area (Å²) in [5, 5.41) is 7.01. The Kier molecular flexibility index (Phi) is 8.03. The largest absolute Gasteiger partial charge is 0.489 e. The third-order valence-corrected chi connectivity index (χ3v) is 7.99. The first-order valence-corrected chi connectivity index (χ1v) is 14.5. The number of benzene rings is 3. The zero-order chi connectivity index (χ0) is 28.9. The topological polar surface area (TPSA) is 107 Å². The molecule has 3 aromatic carbocycles. The second-order valence-corrected chi connectivity index (χ2v) is 11.0. The number of anilines is 1. The molecule has 5 aromatic rings. The van der Waals surface area contributed by atoms with Gasteiger partial charge in [0.1, 0.15) is 30.1 Å². The summed E-state index contributed by atoms with van der Waals surface area (Å²) >= 11 is 0. The number of ether oxygens (including phenoxy) is 1. The minimum absolute atomic E-state index is 0.122. The first-order chi connectivity index (χ1) is 20.5. The van der Waals surface area contributed by atoms with Gasteiger partial charge in [0, 0.05) is 30.4 Å². The molecule has 214 valence electrons. The van der Waals surface area contributed by atoms with E-state index in [9.17, 15) is 4.79 Å². The zero-order valence-corrected chi connectivity index (χ0v) is 23.8. The molecule has 42 heavy (non-hydrogen) atoms. The number of aryl methyl sites for hydroxylation is 1. The number of nitrogens with two attached hydrogens (primary N) is 1. The summed E-state index contributed by atoms with van der Waals surface area (Å²) in [4.78, 5) is 21.5. The summed E-state index contributed by atoms with van der Waals surface area (Å²) in [5.41, 5.74) is 12.6. The molecular weight excluding hydrogens is 524 g/mol. The standard InChI is InChI=1S/C34H36N6O2/c1-23-7-5-10-25(17-23)19-36-34(41)39-27-13-15-28(16-14-27)40-20-30(31-32(35)37-22-38-33(31)40)26-11-6-12-29(18-26)42-21-24-8-3-2-4-9-24/h2-12,17-18,20,22,27-28H,13-16,19,21H2,1H3,(H2,35,37,38)(H2,36,39,41)/t27-,28+. The molecule has 0 atom stereocenters. The van der Waals surface area contributed by atoms with Crippen LogP contribution in [0.15, 0.2) is 91.4 Å². The fourth-order valence-electron chi connectivity index (χ4n) is 5.84. The number of carbonyl (C=O) groups is 1. The van der Waals surface area contributed by atoms with Gasteiger partial charge >= 0.3 is 6.03 Å². The van der Waals surface area contributed by atoms with Crippen molar-refractivity contribution in [2.24, 2.45) is 0 Å². The number of nitrogen functional groups attached to an aromatic ring is 1. The van der Waals surface area contributed by atoms with Gasteiger partial charge in [-0.2, -0.15) is 0 Å². The first-order valence-electron chi connectivity index (χ1n) is 14.5. The van der Waals surface area contributed by atoms with Crippen molar-refractivity contribution < 1.29 is 9.53 Å². The molecule has 2 amide bonds. The van der Waals surface area contributed by atoms with Gasteiger partial charge in [0.2, 0.25) is 0 Å². The summed E-state index contributed by atoms with van der Waals surface area (Å²) < 4.78 is 8.35. The van der Waals surface area contributed by atoms with Crippen LogP contribution < -0.4 is 21.1 Å². The SMILES string of the molecule is Cc1cccc(CNC(=O)N[C@H]2CC[C@@H](n3cc(-c4cccc(OCc5ccccc5)c4)c4c(N)ncnc43)CC2)c1.